The lowest BCUT2D eigenvalue weighted by atomic mass is 10.1. The molecule has 208 valence electrons. The van der Waals surface area contributed by atoms with Gasteiger partial charge in [0.15, 0.2) is 11.5 Å². The fourth-order valence-electron chi connectivity index (χ4n) is 3.68. The quantitative estimate of drug-likeness (QED) is 0.157. The summed E-state index contributed by atoms with van der Waals surface area (Å²) in [5.74, 6) is -2.51. The van der Waals surface area contributed by atoms with E-state index in [0.29, 0.717) is 4.90 Å². The van der Waals surface area contributed by atoms with E-state index in [1.54, 1.807) is 0 Å². The van der Waals surface area contributed by atoms with E-state index in [9.17, 15) is 44.7 Å². The number of benzene rings is 3. The largest absolute Gasteiger partial charge is 0.493 e. The number of non-ortho nitro benzene ring substituents is 2. The maximum Gasteiger partial charge on any atom is 0.335 e. The molecule has 1 saturated heterocycles. The van der Waals surface area contributed by atoms with Gasteiger partial charge in [0.1, 0.15) is 5.57 Å². The normalized spacial score (nSPS) is 14.0. The van der Waals surface area contributed by atoms with E-state index in [1.807, 2.05) is 5.32 Å². The average molecular weight is 628 g/mol. The van der Waals surface area contributed by atoms with Gasteiger partial charge in [-0.25, -0.2) is 9.69 Å². The Balaban J connectivity index is 1.72. The molecule has 0 aliphatic carbocycles. The number of nitrogens with one attached hydrogen (secondary N) is 1. The Kier molecular flexibility index (Phi) is 7.72. The van der Waals surface area contributed by atoms with Crippen LogP contribution in [0.3, 0.4) is 0 Å². The summed E-state index contributed by atoms with van der Waals surface area (Å²) in [5.41, 5.74) is -2.05. The SMILES string of the molecule is COc1cc(/C=C2\C(=O)NC(=O)N(c3cccc([N+](=O)[O-])c3)C2=O)cc(Br)c1Oc1ccc([N+](=O)[O-])cc1[N+](=O)[O-]. The molecular formula is C24H14BrN5O11. The molecule has 4 amide bonds. The van der Waals surface area contributed by atoms with Gasteiger partial charge in [0.05, 0.1) is 38.1 Å². The van der Waals surface area contributed by atoms with Crippen molar-refractivity contribution in [2.75, 3.05) is 12.0 Å². The number of carbonyl (C=O) groups is 3. The number of carbonyl (C=O) groups excluding carboxylic acids is 3. The molecular weight excluding hydrogens is 614 g/mol. The third-order valence-corrected chi connectivity index (χ3v) is 6.11. The van der Waals surface area contributed by atoms with Gasteiger partial charge in [-0.2, -0.15) is 0 Å². The van der Waals surface area contributed by atoms with Gasteiger partial charge in [0.2, 0.25) is 5.75 Å². The number of nitro benzene ring substituents is 3. The minimum Gasteiger partial charge on any atom is -0.493 e. The minimum atomic E-state index is -1.11. The van der Waals surface area contributed by atoms with Crippen molar-refractivity contribution in [3.63, 3.8) is 0 Å². The number of halogens is 1. The van der Waals surface area contributed by atoms with Crippen molar-refractivity contribution in [2.45, 2.75) is 0 Å². The third-order valence-electron chi connectivity index (χ3n) is 5.53. The maximum absolute atomic E-state index is 13.2. The Morgan fingerprint density at radius 1 is 0.878 bits per heavy atom. The van der Waals surface area contributed by atoms with Gasteiger partial charge in [0.25, 0.3) is 23.2 Å². The van der Waals surface area contributed by atoms with Crippen molar-refractivity contribution in [3.8, 4) is 17.2 Å². The predicted molar refractivity (Wildman–Crippen MR) is 143 cm³/mol. The lowest BCUT2D eigenvalue weighted by Gasteiger charge is -2.26. The lowest BCUT2D eigenvalue weighted by molar-refractivity contribution is -0.394. The zero-order valence-electron chi connectivity index (χ0n) is 20.4. The van der Waals surface area contributed by atoms with Gasteiger partial charge in [-0.05, 0) is 51.8 Å². The Labute approximate surface area is 236 Å². The summed E-state index contributed by atoms with van der Waals surface area (Å²) in [5, 5.41) is 35.6. The van der Waals surface area contributed by atoms with Crippen molar-refractivity contribution in [1.82, 2.24) is 5.32 Å². The highest BCUT2D eigenvalue weighted by atomic mass is 79.9. The molecule has 1 aliphatic rings. The molecule has 3 aromatic rings. The monoisotopic (exact) mass is 627 g/mol. The van der Waals surface area contributed by atoms with Crippen LogP contribution < -0.4 is 19.7 Å². The Hall–Kier alpha value is -5.71. The van der Waals surface area contributed by atoms with E-state index in [2.05, 4.69) is 15.9 Å². The molecule has 3 aromatic carbocycles. The molecule has 4 rings (SSSR count). The molecule has 0 aromatic heterocycles. The van der Waals surface area contributed by atoms with Crippen LogP contribution in [0.2, 0.25) is 0 Å². The Bertz CT molecular complexity index is 1710. The van der Waals surface area contributed by atoms with Crippen molar-refractivity contribution in [3.05, 3.63) is 101 Å². The number of hydrogen-bond donors (Lipinski definition) is 1. The first-order valence-electron chi connectivity index (χ1n) is 11.1. The first-order chi connectivity index (χ1) is 19.4. The second-order valence-electron chi connectivity index (χ2n) is 8.04. The molecule has 1 heterocycles. The molecule has 0 unspecified atom stereocenters. The maximum atomic E-state index is 13.2. The molecule has 17 heteroatoms. The van der Waals surface area contributed by atoms with Gasteiger partial charge >= 0.3 is 11.7 Å². The molecule has 0 bridgehead atoms. The number of ether oxygens (including phenoxy) is 2. The van der Waals surface area contributed by atoms with Crippen LogP contribution in [0.1, 0.15) is 5.56 Å². The zero-order chi connectivity index (χ0) is 30.0. The molecule has 1 N–H and O–H groups in total. The second kappa shape index (κ2) is 11.2. The van der Waals surface area contributed by atoms with Gasteiger partial charge in [0, 0.05) is 18.2 Å². The molecule has 0 atom stereocenters. The van der Waals surface area contributed by atoms with Gasteiger partial charge in [-0.15, -0.1) is 0 Å². The molecule has 1 fully saturated rings. The van der Waals surface area contributed by atoms with E-state index >= 15 is 0 Å². The van der Waals surface area contributed by atoms with E-state index in [1.165, 1.54) is 31.4 Å². The third kappa shape index (κ3) is 5.69. The average Bonchev–Trinajstić information content (AvgIpc) is 2.92. The number of imide groups is 2. The summed E-state index contributed by atoms with van der Waals surface area (Å²) < 4.78 is 11.1. The first kappa shape index (κ1) is 28.3. The van der Waals surface area contributed by atoms with Crippen LogP contribution in [0.25, 0.3) is 6.08 Å². The molecule has 0 saturated carbocycles. The van der Waals surface area contributed by atoms with Crippen LogP contribution >= 0.6 is 15.9 Å². The van der Waals surface area contributed by atoms with Gasteiger partial charge in [-0.1, -0.05) is 6.07 Å². The Morgan fingerprint density at radius 3 is 2.20 bits per heavy atom. The predicted octanol–water partition coefficient (Wildman–Crippen LogP) is 4.64. The van der Waals surface area contributed by atoms with E-state index in [4.69, 9.17) is 9.47 Å². The number of hydrogen-bond acceptors (Lipinski definition) is 11. The minimum absolute atomic E-state index is 0.0193. The van der Waals surface area contributed by atoms with Crippen molar-refractivity contribution in [1.29, 1.82) is 0 Å². The number of urea groups is 1. The number of methoxy groups -OCH3 is 1. The van der Waals surface area contributed by atoms with E-state index in [0.717, 1.165) is 36.4 Å². The summed E-state index contributed by atoms with van der Waals surface area (Å²) >= 11 is 3.24. The highest BCUT2D eigenvalue weighted by Crippen LogP contribution is 2.43. The van der Waals surface area contributed by atoms with Crippen LogP contribution in [0.15, 0.2) is 64.6 Å². The molecule has 1 aliphatic heterocycles. The van der Waals surface area contributed by atoms with Crippen molar-refractivity contribution in [2.24, 2.45) is 0 Å². The number of nitro groups is 3. The van der Waals surface area contributed by atoms with Crippen LogP contribution in [0.4, 0.5) is 27.5 Å². The highest BCUT2D eigenvalue weighted by Gasteiger charge is 2.37. The van der Waals surface area contributed by atoms with Crippen molar-refractivity contribution >= 4 is 62.6 Å². The van der Waals surface area contributed by atoms with Crippen LogP contribution in [0, 0.1) is 30.3 Å². The smallest absolute Gasteiger partial charge is 0.335 e. The zero-order valence-corrected chi connectivity index (χ0v) is 22.0. The fourth-order valence-corrected chi connectivity index (χ4v) is 4.23. The number of nitrogens with zero attached hydrogens (tertiary/aromatic N) is 4. The second-order valence-corrected chi connectivity index (χ2v) is 8.89. The molecule has 41 heavy (non-hydrogen) atoms. The van der Waals surface area contributed by atoms with Crippen molar-refractivity contribution < 1.29 is 38.6 Å². The number of rotatable bonds is 8. The summed E-state index contributed by atoms with van der Waals surface area (Å²) in [6.45, 7) is 0. The highest BCUT2D eigenvalue weighted by molar-refractivity contribution is 9.10. The van der Waals surface area contributed by atoms with Crippen LogP contribution in [-0.2, 0) is 9.59 Å². The first-order valence-corrected chi connectivity index (χ1v) is 11.8. The van der Waals surface area contributed by atoms with E-state index in [-0.39, 0.29) is 38.7 Å². The standard InChI is InChI=1S/C24H14BrN5O11/c1-40-20-9-12(8-17(25)21(20)41-19-6-5-15(29(36)37)11-18(19)30(38)39)7-16-22(31)26-24(33)27(23(16)32)13-3-2-4-14(10-13)28(34)35/h2-11H,1H3,(H,26,31,33)/b16-7+. The topological polar surface area (TPSA) is 214 Å². The molecule has 0 radical (unpaired) electrons. The summed E-state index contributed by atoms with van der Waals surface area (Å²) in [6.07, 6.45) is 1.12. The number of amides is 4. The molecule has 16 nitrogen and oxygen atoms in total. The lowest BCUT2D eigenvalue weighted by Crippen LogP contribution is -2.54. The number of barbiturate groups is 1. The van der Waals surface area contributed by atoms with Gasteiger partial charge < -0.3 is 9.47 Å². The summed E-state index contributed by atoms with van der Waals surface area (Å²) in [6, 6.07) is 9.08. The summed E-state index contributed by atoms with van der Waals surface area (Å²) in [7, 11) is 1.25. The Morgan fingerprint density at radius 2 is 1.56 bits per heavy atom. The van der Waals surface area contributed by atoms with Crippen LogP contribution in [0.5, 0.6) is 17.2 Å². The number of anilines is 1. The van der Waals surface area contributed by atoms with E-state index < -0.39 is 49.6 Å². The van der Waals surface area contributed by atoms with Crippen LogP contribution in [-0.4, -0.2) is 39.7 Å². The molecule has 0 spiro atoms. The summed E-state index contributed by atoms with van der Waals surface area (Å²) in [4.78, 5) is 70.0. The fraction of sp³-hybridized carbons (Fsp3) is 0.0417. The van der Waals surface area contributed by atoms with Gasteiger partial charge in [-0.3, -0.25) is 45.2 Å².